The third-order valence-corrected chi connectivity index (χ3v) is 2.21. The average molecular weight is 215 g/mol. The summed E-state index contributed by atoms with van der Waals surface area (Å²) in [5, 5.41) is 0. The number of nitrogens with zero attached hydrogens (tertiary/aromatic N) is 1. The summed E-state index contributed by atoms with van der Waals surface area (Å²) in [6, 6.07) is 0. The van der Waals surface area contributed by atoms with Gasteiger partial charge in [-0.05, 0) is 33.6 Å². The topological polar surface area (TPSA) is 38.8 Å². The fraction of sp³-hybridized carbons (Fsp3) is 0.909. The van der Waals surface area contributed by atoms with Gasteiger partial charge >= 0.3 is 6.09 Å². The quantitative estimate of drug-likeness (QED) is 0.707. The van der Waals surface area contributed by atoms with Gasteiger partial charge in [0.05, 0.1) is 6.10 Å². The SMILES string of the molecule is CN(CC1CCCO1)C(=O)OC(C)(C)C. The summed E-state index contributed by atoms with van der Waals surface area (Å²) in [5.74, 6) is 0. The zero-order valence-corrected chi connectivity index (χ0v) is 10.1. The van der Waals surface area contributed by atoms with Crippen LogP contribution in [0.15, 0.2) is 0 Å². The van der Waals surface area contributed by atoms with Crippen LogP contribution < -0.4 is 0 Å². The van der Waals surface area contributed by atoms with E-state index in [1.807, 2.05) is 20.8 Å². The fourth-order valence-corrected chi connectivity index (χ4v) is 1.51. The normalized spacial score (nSPS) is 21.5. The fourth-order valence-electron chi connectivity index (χ4n) is 1.51. The Morgan fingerprint density at radius 3 is 2.67 bits per heavy atom. The molecule has 0 spiro atoms. The second kappa shape index (κ2) is 4.84. The highest BCUT2D eigenvalue weighted by atomic mass is 16.6. The largest absolute Gasteiger partial charge is 0.444 e. The van der Waals surface area contributed by atoms with Gasteiger partial charge in [0.1, 0.15) is 5.60 Å². The summed E-state index contributed by atoms with van der Waals surface area (Å²) in [6.07, 6.45) is 2.03. The third-order valence-electron chi connectivity index (χ3n) is 2.21. The van der Waals surface area contributed by atoms with Gasteiger partial charge in [0.15, 0.2) is 0 Å². The van der Waals surface area contributed by atoms with E-state index < -0.39 is 5.60 Å². The van der Waals surface area contributed by atoms with Crippen LogP contribution in [0.2, 0.25) is 0 Å². The lowest BCUT2D eigenvalue weighted by Gasteiger charge is -2.26. The van der Waals surface area contributed by atoms with Crippen LogP contribution in [0.4, 0.5) is 4.79 Å². The van der Waals surface area contributed by atoms with Crippen molar-refractivity contribution in [2.75, 3.05) is 20.2 Å². The Hall–Kier alpha value is -0.770. The van der Waals surface area contributed by atoms with Crippen LogP contribution in [0.3, 0.4) is 0 Å². The molecule has 4 heteroatoms. The Labute approximate surface area is 91.5 Å². The van der Waals surface area contributed by atoms with Crippen LogP contribution in [0, 0.1) is 0 Å². The van der Waals surface area contributed by atoms with Gasteiger partial charge in [0.25, 0.3) is 0 Å². The Balaban J connectivity index is 2.32. The lowest BCUT2D eigenvalue weighted by Crippen LogP contribution is -2.38. The number of likely N-dealkylation sites (N-methyl/N-ethyl adjacent to an activating group) is 1. The highest BCUT2D eigenvalue weighted by molar-refractivity contribution is 5.67. The van der Waals surface area contributed by atoms with E-state index in [-0.39, 0.29) is 12.2 Å². The summed E-state index contributed by atoms with van der Waals surface area (Å²) in [6.45, 7) is 7.03. The van der Waals surface area contributed by atoms with Gasteiger partial charge in [0, 0.05) is 20.2 Å². The summed E-state index contributed by atoms with van der Waals surface area (Å²) in [4.78, 5) is 13.2. The van der Waals surface area contributed by atoms with Crippen LogP contribution in [0.5, 0.6) is 0 Å². The molecule has 0 aliphatic carbocycles. The lowest BCUT2D eigenvalue weighted by atomic mass is 10.2. The standard InChI is InChI=1S/C11H21NO3/c1-11(2,3)15-10(13)12(4)8-9-6-5-7-14-9/h9H,5-8H2,1-4H3. The van der Waals surface area contributed by atoms with Crippen molar-refractivity contribution in [3.63, 3.8) is 0 Å². The molecule has 0 aromatic heterocycles. The Kier molecular flexibility index (Phi) is 3.97. The minimum atomic E-state index is -0.429. The van der Waals surface area contributed by atoms with Crippen molar-refractivity contribution in [3.8, 4) is 0 Å². The molecule has 0 aromatic rings. The van der Waals surface area contributed by atoms with Crippen LogP contribution in [-0.2, 0) is 9.47 Å². The zero-order valence-electron chi connectivity index (χ0n) is 10.1. The Morgan fingerprint density at radius 1 is 1.53 bits per heavy atom. The molecule has 88 valence electrons. The second-order valence-electron chi connectivity index (χ2n) is 5.00. The monoisotopic (exact) mass is 215 g/mol. The molecule has 1 aliphatic rings. The number of hydrogen-bond donors (Lipinski definition) is 0. The van der Waals surface area contributed by atoms with Gasteiger partial charge in [-0.1, -0.05) is 0 Å². The molecule has 0 radical (unpaired) electrons. The molecule has 1 saturated heterocycles. The molecule has 4 nitrogen and oxygen atoms in total. The van der Waals surface area contributed by atoms with Crippen molar-refractivity contribution in [1.29, 1.82) is 0 Å². The molecule has 0 aromatic carbocycles. The predicted octanol–water partition coefficient (Wildman–Crippen LogP) is 2.03. The van der Waals surface area contributed by atoms with Crippen molar-refractivity contribution in [1.82, 2.24) is 4.90 Å². The first-order valence-corrected chi connectivity index (χ1v) is 5.44. The van der Waals surface area contributed by atoms with Crippen LogP contribution in [0.1, 0.15) is 33.6 Å². The molecule has 1 amide bonds. The van der Waals surface area contributed by atoms with Crippen molar-refractivity contribution in [2.45, 2.75) is 45.3 Å². The number of carbonyl (C=O) groups is 1. The summed E-state index contributed by atoms with van der Waals surface area (Å²) in [7, 11) is 1.75. The summed E-state index contributed by atoms with van der Waals surface area (Å²) >= 11 is 0. The molecular weight excluding hydrogens is 194 g/mol. The van der Waals surface area contributed by atoms with Gasteiger partial charge in [-0.3, -0.25) is 0 Å². The molecule has 1 fully saturated rings. The Bertz CT molecular complexity index is 216. The van der Waals surface area contributed by atoms with E-state index in [1.54, 1.807) is 11.9 Å². The molecule has 0 N–H and O–H groups in total. The van der Waals surface area contributed by atoms with Gasteiger partial charge in [-0.2, -0.15) is 0 Å². The molecule has 1 heterocycles. The highest BCUT2D eigenvalue weighted by Gasteiger charge is 2.23. The van der Waals surface area contributed by atoms with E-state index in [2.05, 4.69) is 0 Å². The van der Waals surface area contributed by atoms with Gasteiger partial charge in [-0.15, -0.1) is 0 Å². The molecule has 0 bridgehead atoms. The third kappa shape index (κ3) is 4.51. The first kappa shape index (κ1) is 12.3. The van der Waals surface area contributed by atoms with E-state index in [9.17, 15) is 4.79 Å². The van der Waals surface area contributed by atoms with Crippen molar-refractivity contribution in [2.24, 2.45) is 0 Å². The first-order chi connectivity index (χ1) is 6.88. The smallest absolute Gasteiger partial charge is 0.410 e. The summed E-state index contributed by atoms with van der Waals surface area (Å²) in [5.41, 5.74) is -0.429. The molecule has 1 unspecified atom stereocenters. The maximum Gasteiger partial charge on any atom is 0.410 e. The molecular formula is C11H21NO3. The minimum Gasteiger partial charge on any atom is -0.444 e. The molecule has 1 aliphatic heterocycles. The van der Waals surface area contributed by atoms with Gasteiger partial charge in [0.2, 0.25) is 0 Å². The molecule has 15 heavy (non-hydrogen) atoms. The van der Waals surface area contributed by atoms with Gasteiger partial charge in [-0.25, -0.2) is 4.79 Å². The maximum atomic E-state index is 11.6. The minimum absolute atomic E-state index is 0.183. The number of ether oxygens (including phenoxy) is 2. The molecule has 0 saturated carbocycles. The number of hydrogen-bond acceptors (Lipinski definition) is 3. The van der Waals surface area contributed by atoms with Crippen molar-refractivity contribution in [3.05, 3.63) is 0 Å². The van der Waals surface area contributed by atoms with Crippen molar-refractivity contribution >= 4 is 6.09 Å². The van der Waals surface area contributed by atoms with E-state index in [0.29, 0.717) is 6.54 Å². The van der Waals surface area contributed by atoms with Crippen LogP contribution >= 0.6 is 0 Å². The molecule has 1 atom stereocenters. The lowest BCUT2D eigenvalue weighted by molar-refractivity contribution is 0.0168. The highest BCUT2D eigenvalue weighted by Crippen LogP contribution is 2.14. The van der Waals surface area contributed by atoms with Gasteiger partial charge < -0.3 is 14.4 Å². The van der Waals surface area contributed by atoms with E-state index >= 15 is 0 Å². The number of amides is 1. The van der Waals surface area contributed by atoms with E-state index in [1.165, 1.54) is 0 Å². The van der Waals surface area contributed by atoms with Crippen LogP contribution in [-0.4, -0.2) is 42.9 Å². The average Bonchev–Trinajstić information content (AvgIpc) is 2.53. The number of carbonyl (C=O) groups excluding carboxylic acids is 1. The molecule has 1 rings (SSSR count). The van der Waals surface area contributed by atoms with E-state index in [0.717, 1.165) is 19.4 Å². The zero-order chi connectivity index (χ0) is 11.5. The Morgan fingerprint density at radius 2 is 2.20 bits per heavy atom. The number of rotatable bonds is 2. The van der Waals surface area contributed by atoms with Crippen molar-refractivity contribution < 1.29 is 14.3 Å². The second-order valence-corrected chi connectivity index (χ2v) is 5.00. The maximum absolute atomic E-state index is 11.6. The van der Waals surface area contributed by atoms with Crippen LogP contribution in [0.25, 0.3) is 0 Å². The predicted molar refractivity (Wildman–Crippen MR) is 57.8 cm³/mol. The first-order valence-electron chi connectivity index (χ1n) is 5.44. The van der Waals surface area contributed by atoms with E-state index in [4.69, 9.17) is 9.47 Å². The summed E-state index contributed by atoms with van der Waals surface area (Å²) < 4.78 is 10.7.